The van der Waals surface area contributed by atoms with Gasteiger partial charge in [0.05, 0.1) is 22.8 Å². The molecule has 0 amide bonds. The van der Waals surface area contributed by atoms with Crippen molar-refractivity contribution in [3.8, 4) is 0 Å². The summed E-state index contributed by atoms with van der Waals surface area (Å²) in [7, 11) is -4.10. The minimum absolute atomic E-state index is 0.0402. The molecule has 1 aliphatic rings. The molecule has 5 nitrogen and oxygen atoms in total. The maximum atomic E-state index is 13.3. The van der Waals surface area contributed by atoms with Crippen molar-refractivity contribution in [1.82, 2.24) is 10.1 Å². The van der Waals surface area contributed by atoms with Crippen LogP contribution in [0.25, 0.3) is 0 Å². The first-order chi connectivity index (χ1) is 15.6. The monoisotopic (exact) mass is 561 g/mol. The number of hydrazone groups is 1. The van der Waals surface area contributed by atoms with Crippen LogP contribution in [0.15, 0.2) is 70.7 Å². The number of benzene rings is 3. The van der Waals surface area contributed by atoms with Gasteiger partial charge >= 0.3 is 0 Å². The van der Waals surface area contributed by atoms with Gasteiger partial charge in [-0.25, -0.2) is 8.42 Å². The summed E-state index contributed by atoms with van der Waals surface area (Å²) in [6.07, 6.45) is 0.428. The Morgan fingerprint density at radius 2 is 1.48 bits per heavy atom. The standard InChI is InChI=1S/C22H16Cl5N3O2S/c23-13-3-1-12(2-4-13)19-11-20(29-28-19)22(16-7-5-14(24)9-18(16)27)30-33(31,32)21-10-15(25)6-8-17(21)26/h1-10,19,22,28,30H,11H2/t19?,22-/m1/s1. The summed E-state index contributed by atoms with van der Waals surface area (Å²) < 4.78 is 29.3. The van der Waals surface area contributed by atoms with Crippen molar-refractivity contribution in [2.45, 2.75) is 23.4 Å². The highest BCUT2D eigenvalue weighted by Gasteiger charge is 2.33. The van der Waals surface area contributed by atoms with Crippen LogP contribution in [0, 0.1) is 0 Å². The van der Waals surface area contributed by atoms with Crippen LogP contribution >= 0.6 is 58.0 Å². The Bertz CT molecular complexity index is 1330. The zero-order valence-electron chi connectivity index (χ0n) is 16.7. The molecule has 3 aromatic carbocycles. The van der Waals surface area contributed by atoms with Crippen LogP contribution < -0.4 is 10.1 Å². The summed E-state index contributed by atoms with van der Waals surface area (Å²) in [5.41, 5.74) is 5.06. The minimum atomic E-state index is -4.10. The van der Waals surface area contributed by atoms with E-state index >= 15 is 0 Å². The van der Waals surface area contributed by atoms with Crippen molar-refractivity contribution in [2.75, 3.05) is 0 Å². The molecule has 0 aliphatic carbocycles. The van der Waals surface area contributed by atoms with Crippen molar-refractivity contribution in [1.29, 1.82) is 0 Å². The first kappa shape index (κ1) is 24.6. The SMILES string of the molecule is O=S(=O)(N[C@@H](C1=NNC(c2ccc(Cl)cc2)C1)c1ccc(Cl)cc1Cl)c1cc(Cl)ccc1Cl. The van der Waals surface area contributed by atoms with Crippen LogP contribution in [0.2, 0.25) is 25.1 Å². The van der Waals surface area contributed by atoms with Gasteiger partial charge in [0.1, 0.15) is 4.90 Å². The molecule has 2 N–H and O–H groups in total. The highest BCUT2D eigenvalue weighted by Crippen LogP contribution is 2.34. The highest BCUT2D eigenvalue weighted by atomic mass is 35.5. The van der Waals surface area contributed by atoms with Crippen LogP contribution in [0.3, 0.4) is 0 Å². The average molecular weight is 564 g/mol. The van der Waals surface area contributed by atoms with E-state index in [1.54, 1.807) is 30.3 Å². The van der Waals surface area contributed by atoms with E-state index in [4.69, 9.17) is 58.0 Å². The minimum Gasteiger partial charge on any atom is -0.302 e. The molecule has 0 saturated heterocycles. The summed E-state index contributed by atoms with van der Waals surface area (Å²) in [6, 6.07) is 15.4. The van der Waals surface area contributed by atoms with Gasteiger partial charge in [0.15, 0.2) is 0 Å². The second kappa shape index (κ2) is 10.0. The number of sulfonamides is 1. The second-order valence-corrected chi connectivity index (χ2v) is 11.1. The fraction of sp³-hybridized carbons (Fsp3) is 0.136. The Morgan fingerprint density at radius 3 is 2.18 bits per heavy atom. The average Bonchev–Trinajstić information content (AvgIpc) is 3.25. The van der Waals surface area contributed by atoms with E-state index in [1.807, 2.05) is 12.1 Å². The van der Waals surface area contributed by atoms with E-state index in [1.165, 1.54) is 18.2 Å². The molecule has 1 unspecified atom stereocenters. The molecule has 0 aromatic heterocycles. The van der Waals surface area contributed by atoms with Gasteiger partial charge in [0, 0.05) is 26.5 Å². The fourth-order valence-electron chi connectivity index (χ4n) is 3.48. The Kier molecular flexibility index (Phi) is 7.46. The first-order valence-corrected chi connectivity index (χ1v) is 13.0. The van der Waals surface area contributed by atoms with Crippen LogP contribution in [0.5, 0.6) is 0 Å². The second-order valence-electron chi connectivity index (χ2n) is 7.34. The summed E-state index contributed by atoms with van der Waals surface area (Å²) in [5, 5.41) is 6.05. The van der Waals surface area contributed by atoms with E-state index in [0.717, 1.165) is 5.56 Å². The van der Waals surface area contributed by atoms with Gasteiger partial charge in [-0.3, -0.25) is 0 Å². The fourth-order valence-corrected chi connectivity index (χ4v) is 6.09. The predicted octanol–water partition coefficient (Wildman–Crippen LogP) is 7.06. The molecule has 0 radical (unpaired) electrons. The molecule has 4 rings (SSSR count). The summed E-state index contributed by atoms with van der Waals surface area (Å²) >= 11 is 30.7. The topological polar surface area (TPSA) is 70.6 Å². The Balaban J connectivity index is 1.70. The molecule has 33 heavy (non-hydrogen) atoms. The molecule has 0 spiro atoms. The van der Waals surface area contributed by atoms with E-state index in [-0.39, 0.29) is 21.0 Å². The highest BCUT2D eigenvalue weighted by molar-refractivity contribution is 7.89. The summed E-state index contributed by atoms with van der Waals surface area (Å²) in [5.74, 6) is 0. The van der Waals surface area contributed by atoms with Crippen molar-refractivity contribution in [3.05, 3.63) is 96.9 Å². The number of halogens is 5. The normalized spacial score (nSPS) is 16.9. The molecular weight excluding hydrogens is 548 g/mol. The lowest BCUT2D eigenvalue weighted by Gasteiger charge is -2.21. The third-order valence-electron chi connectivity index (χ3n) is 5.11. The molecule has 172 valence electrons. The molecule has 0 bridgehead atoms. The molecule has 1 heterocycles. The number of hydrogen-bond donors (Lipinski definition) is 2. The maximum Gasteiger partial charge on any atom is 0.243 e. The molecule has 3 aromatic rings. The molecule has 0 saturated carbocycles. The van der Waals surface area contributed by atoms with Crippen LogP contribution in [0.4, 0.5) is 0 Å². The lowest BCUT2D eigenvalue weighted by molar-refractivity contribution is 0.576. The largest absolute Gasteiger partial charge is 0.302 e. The van der Waals surface area contributed by atoms with Gasteiger partial charge in [-0.05, 0) is 53.6 Å². The van der Waals surface area contributed by atoms with Gasteiger partial charge in [-0.15, -0.1) is 0 Å². The quantitative estimate of drug-likeness (QED) is 0.337. The van der Waals surface area contributed by atoms with E-state index in [2.05, 4.69) is 15.2 Å². The molecular formula is C22H16Cl5N3O2S. The van der Waals surface area contributed by atoms with E-state index in [0.29, 0.717) is 32.8 Å². The van der Waals surface area contributed by atoms with Crippen molar-refractivity contribution < 1.29 is 8.42 Å². The predicted molar refractivity (Wildman–Crippen MR) is 135 cm³/mol. The zero-order valence-corrected chi connectivity index (χ0v) is 21.3. The van der Waals surface area contributed by atoms with Crippen molar-refractivity contribution in [3.63, 3.8) is 0 Å². The maximum absolute atomic E-state index is 13.3. The van der Waals surface area contributed by atoms with Gasteiger partial charge in [-0.2, -0.15) is 9.82 Å². The summed E-state index contributed by atoms with van der Waals surface area (Å²) in [6.45, 7) is 0. The third kappa shape index (κ3) is 5.60. The molecule has 1 aliphatic heterocycles. The van der Waals surface area contributed by atoms with Crippen LogP contribution in [-0.4, -0.2) is 14.1 Å². The van der Waals surface area contributed by atoms with Gasteiger partial charge in [-0.1, -0.05) is 76.2 Å². The Morgan fingerprint density at radius 1 is 0.848 bits per heavy atom. The third-order valence-corrected chi connectivity index (χ3v) is 8.07. The lowest BCUT2D eigenvalue weighted by atomic mass is 9.96. The lowest BCUT2D eigenvalue weighted by Crippen LogP contribution is -2.34. The summed E-state index contributed by atoms with van der Waals surface area (Å²) in [4.78, 5) is -0.146. The van der Waals surface area contributed by atoms with E-state index < -0.39 is 16.1 Å². The molecule has 0 fully saturated rings. The molecule has 11 heteroatoms. The van der Waals surface area contributed by atoms with Crippen molar-refractivity contribution in [2.24, 2.45) is 5.10 Å². The number of rotatable bonds is 6. The zero-order chi connectivity index (χ0) is 23.8. The number of hydrogen-bond acceptors (Lipinski definition) is 4. The molecule has 2 atom stereocenters. The van der Waals surface area contributed by atoms with Gasteiger partial charge in [0.2, 0.25) is 10.0 Å². The van der Waals surface area contributed by atoms with E-state index in [9.17, 15) is 8.42 Å². The Hall–Kier alpha value is -1.51. The number of nitrogens with one attached hydrogen (secondary N) is 2. The van der Waals surface area contributed by atoms with Crippen LogP contribution in [-0.2, 0) is 10.0 Å². The smallest absolute Gasteiger partial charge is 0.243 e. The number of nitrogens with zero attached hydrogens (tertiary/aromatic N) is 1. The first-order valence-electron chi connectivity index (χ1n) is 9.64. The van der Waals surface area contributed by atoms with Crippen LogP contribution in [0.1, 0.15) is 29.6 Å². The van der Waals surface area contributed by atoms with Crippen molar-refractivity contribution >= 4 is 73.7 Å². The van der Waals surface area contributed by atoms with Gasteiger partial charge < -0.3 is 5.43 Å². The van der Waals surface area contributed by atoms with Gasteiger partial charge in [0.25, 0.3) is 0 Å². The Labute approximate surface area is 216 Å².